The average molecular weight is 410 g/mol. The molecule has 1 heterocycles. The van der Waals surface area contributed by atoms with Gasteiger partial charge in [-0.05, 0) is 66.6 Å². The Balaban J connectivity index is 1.74. The van der Waals surface area contributed by atoms with Gasteiger partial charge in [-0.2, -0.15) is 5.26 Å². The fraction of sp³-hybridized carbons (Fsp3) is 0.148. The Morgan fingerprint density at radius 1 is 0.871 bits per heavy atom. The van der Waals surface area contributed by atoms with Crippen LogP contribution in [0.15, 0.2) is 84.9 Å². The van der Waals surface area contributed by atoms with Crippen LogP contribution in [0.3, 0.4) is 0 Å². The smallest absolute Gasteiger partial charge is 0.165 e. The van der Waals surface area contributed by atoms with Crippen molar-refractivity contribution in [3.63, 3.8) is 0 Å². The van der Waals surface area contributed by atoms with Crippen molar-refractivity contribution in [3.05, 3.63) is 96.3 Å². The molecule has 0 aliphatic carbocycles. The molecule has 0 N–H and O–H groups in total. The van der Waals surface area contributed by atoms with Gasteiger partial charge >= 0.3 is 0 Å². The molecule has 4 aromatic rings. The maximum Gasteiger partial charge on any atom is 0.165 e. The van der Waals surface area contributed by atoms with Crippen molar-refractivity contribution in [2.75, 3.05) is 0 Å². The normalized spacial score (nSPS) is 10.6. The van der Waals surface area contributed by atoms with Crippen LogP contribution in [0.5, 0.6) is 11.5 Å². The third-order valence-corrected chi connectivity index (χ3v) is 5.22. The van der Waals surface area contributed by atoms with Gasteiger partial charge in [0.1, 0.15) is 5.75 Å². The molecular formula is C27H23FN2O. The molecule has 0 atom stereocenters. The van der Waals surface area contributed by atoms with Crippen LogP contribution in [0.1, 0.15) is 25.3 Å². The topological polar surface area (TPSA) is 38.0 Å². The minimum Gasteiger partial charge on any atom is -0.454 e. The Morgan fingerprint density at radius 3 is 2.23 bits per heavy atom. The van der Waals surface area contributed by atoms with Crippen LogP contribution in [-0.4, -0.2) is 4.57 Å². The molecule has 0 saturated carbocycles. The summed E-state index contributed by atoms with van der Waals surface area (Å²) < 4.78 is 22.5. The number of unbranched alkanes of at least 4 members (excludes halogenated alkanes) is 1. The summed E-state index contributed by atoms with van der Waals surface area (Å²) in [6.45, 7) is 3.01. The molecule has 4 rings (SSSR count). The summed E-state index contributed by atoms with van der Waals surface area (Å²) >= 11 is 0. The van der Waals surface area contributed by atoms with Gasteiger partial charge in [0.2, 0.25) is 0 Å². The largest absolute Gasteiger partial charge is 0.454 e. The predicted molar refractivity (Wildman–Crippen MR) is 121 cm³/mol. The number of benzene rings is 3. The van der Waals surface area contributed by atoms with Crippen LogP contribution < -0.4 is 4.74 Å². The van der Waals surface area contributed by atoms with E-state index >= 15 is 0 Å². The molecule has 0 aliphatic heterocycles. The van der Waals surface area contributed by atoms with Gasteiger partial charge in [-0.25, -0.2) is 4.39 Å². The number of nitriles is 1. The summed E-state index contributed by atoms with van der Waals surface area (Å²) in [5.74, 6) is 0.400. The van der Waals surface area contributed by atoms with E-state index in [0.29, 0.717) is 11.3 Å². The van der Waals surface area contributed by atoms with Gasteiger partial charge in [-0.1, -0.05) is 43.7 Å². The van der Waals surface area contributed by atoms with Gasteiger partial charge in [0.15, 0.2) is 11.6 Å². The van der Waals surface area contributed by atoms with E-state index in [1.165, 1.54) is 6.07 Å². The van der Waals surface area contributed by atoms with Gasteiger partial charge < -0.3 is 9.30 Å². The number of ether oxygens (including phenoxy) is 1. The molecule has 0 spiro atoms. The van der Waals surface area contributed by atoms with E-state index in [0.717, 1.165) is 41.9 Å². The summed E-state index contributed by atoms with van der Waals surface area (Å²) in [5, 5.41) is 9.08. The van der Waals surface area contributed by atoms with Crippen molar-refractivity contribution in [1.82, 2.24) is 4.57 Å². The van der Waals surface area contributed by atoms with Crippen LogP contribution in [0.4, 0.5) is 4.39 Å². The first-order valence-electron chi connectivity index (χ1n) is 10.4. The Morgan fingerprint density at radius 2 is 1.55 bits per heavy atom. The molecule has 1 aromatic heterocycles. The van der Waals surface area contributed by atoms with Crippen molar-refractivity contribution in [2.24, 2.45) is 0 Å². The Kier molecular flexibility index (Phi) is 6.14. The van der Waals surface area contributed by atoms with Gasteiger partial charge in [0, 0.05) is 23.5 Å². The number of hydrogen-bond donors (Lipinski definition) is 0. The first kappa shape index (κ1) is 20.4. The molecule has 0 amide bonds. The Bertz CT molecular complexity index is 1200. The molecule has 0 fully saturated rings. The maximum atomic E-state index is 14.5. The minimum atomic E-state index is -0.397. The second-order valence-electron chi connectivity index (χ2n) is 7.36. The SMILES string of the molecule is CCCCn1c(-c2ccc(C#N)cc2)ccc1-c1ccc(F)c(Oc2ccccc2)c1. The zero-order valence-electron chi connectivity index (χ0n) is 17.4. The first-order valence-corrected chi connectivity index (χ1v) is 10.4. The average Bonchev–Trinajstić information content (AvgIpc) is 3.23. The third kappa shape index (κ3) is 4.51. The Labute approximate surface area is 182 Å². The van der Waals surface area contributed by atoms with E-state index in [-0.39, 0.29) is 5.75 Å². The number of aromatic nitrogens is 1. The summed E-state index contributed by atoms with van der Waals surface area (Å²) in [6, 6.07) is 28.1. The molecule has 0 unspecified atom stereocenters. The monoisotopic (exact) mass is 410 g/mol. The summed E-state index contributed by atoms with van der Waals surface area (Å²) in [5.41, 5.74) is 4.65. The standard InChI is InChI=1S/C27H23FN2O/c1-2-3-17-30-25(21-11-9-20(19-29)10-12-21)15-16-26(30)22-13-14-24(28)27(18-22)31-23-7-5-4-6-8-23/h4-16,18H,2-3,17H2,1H3. The molecule has 3 aromatic carbocycles. The minimum absolute atomic E-state index is 0.201. The van der Waals surface area contributed by atoms with Crippen LogP contribution in [0, 0.1) is 17.1 Å². The highest BCUT2D eigenvalue weighted by Crippen LogP contribution is 2.34. The zero-order chi connectivity index (χ0) is 21.6. The molecule has 0 saturated heterocycles. The molecular weight excluding hydrogens is 387 g/mol. The highest BCUT2D eigenvalue weighted by Gasteiger charge is 2.14. The summed E-state index contributed by atoms with van der Waals surface area (Å²) in [6.07, 6.45) is 2.09. The van der Waals surface area contributed by atoms with Crippen LogP contribution >= 0.6 is 0 Å². The lowest BCUT2D eigenvalue weighted by atomic mass is 10.1. The van der Waals surface area contributed by atoms with Crippen molar-refractivity contribution in [3.8, 4) is 40.1 Å². The maximum absolute atomic E-state index is 14.5. The van der Waals surface area contributed by atoms with Crippen LogP contribution in [0.25, 0.3) is 22.5 Å². The lowest BCUT2D eigenvalue weighted by Gasteiger charge is -2.15. The second kappa shape index (κ2) is 9.32. The van der Waals surface area contributed by atoms with Crippen molar-refractivity contribution in [1.29, 1.82) is 5.26 Å². The number of para-hydroxylation sites is 1. The lowest BCUT2D eigenvalue weighted by molar-refractivity contribution is 0.442. The lowest BCUT2D eigenvalue weighted by Crippen LogP contribution is -2.02. The molecule has 0 bridgehead atoms. The van der Waals surface area contributed by atoms with E-state index in [4.69, 9.17) is 10.00 Å². The molecule has 0 aliphatic rings. The van der Waals surface area contributed by atoms with E-state index in [9.17, 15) is 4.39 Å². The number of hydrogen-bond acceptors (Lipinski definition) is 2. The first-order chi connectivity index (χ1) is 15.2. The molecule has 3 nitrogen and oxygen atoms in total. The zero-order valence-corrected chi connectivity index (χ0v) is 17.4. The molecule has 154 valence electrons. The fourth-order valence-corrected chi connectivity index (χ4v) is 3.60. The number of rotatable bonds is 7. The fourth-order valence-electron chi connectivity index (χ4n) is 3.60. The second-order valence-corrected chi connectivity index (χ2v) is 7.36. The van der Waals surface area contributed by atoms with Gasteiger partial charge in [-0.3, -0.25) is 0 Å². The van der Waals surface area contributed by atoms with Gasteiger partial charge in [0.05, 0.1) is 11.6 Å². The molecule has 4 heteroatoms. The predicted octanol–water partition coefficient (Wildman–Crippen LogP) is 7.43. The van der Waals surface area contributed by atoms with Crippen molar-refractivity contribution in [2.45, 2.75) is 26.3 Å². The van der Waals surface area contributed by atoms with Crippen LogP contribution in [0.2, 0.25) is 0 Å². The molecule has 0 radical (unpaired) electrons. The van der Waals surface area contributed by atoms with Gasteiger partial charge in [-0.15, -0.1) is 0 Å². The van der Waals surface area contributed by atoms with E-state index in [2.05, 4.69) is 29.7 Å². The highest BCUT2D eigenvalue weighted by molar-refractivity contribution is 5.71. The summed E-state index contributed by atoms with van der Waals surface area (Å²) in [7, 11) is 0. The summed E-state index contributed by atoms with van der Waals surface area (Å²) in [4.78, 5) is 0. The highest BCUT2D eigenvalue weighted by atomic mass is 19.1. The quantitative estimate of drug-likeness (QED) is 0.318. The van der Waals surface area contributed by atoms with Gasteiger partial charge in [0.25, 0.3) is 0 Å². The molecule has 31 heavy (non-hydrogen) atoms. The van der Waals surface area contributed by atoms with E-state index in [1.54, 1.807) is 24.3 Å². The van der Waals surface area contributed by atoms with E-state index < -0.39 is 5.82 Å². The van der Waals surface area contributed by atoms with Crippen molar-refractivity contribution < 1.29 is 9.13 Å². The van der Waals surface area contributed by atoms with Crippen molar-refractivity contribution >= 4 is 0 Å². The third-order valence-electron chi connectivity index (χ3n) is 5.22. The van der Waals surface area contributed by atoms with E-state index in [1.807, 2.05) is 42.5 Å². The Hall–Kier alpha value is -3.84. The number of nitrogens with zero attached hydrogens (tertiary/aromatic N) is 2. The number of halogens is 1. The van der Waals surface area contributed by atoms with Crippen LogP contribution in [-0.2, 0) is 6.54 Å².